The molecule has 0 heterocycles. The number of ether oxygens (including phenoxy) is 1. The van der Waals surface area contributed by atoms with E-state index in [1.807, 2.05) is 6.07 Å². The molecule has 0 spiro atoms. The van der Waals surface area contributed by atoms with Crippen LogP contribution < -0.4 is 11.1 Å². The molecule has 0 aliphatic heterocycles. The van der Waals surface area contributed by atoms with Crippen LogP contribution in [0.4, 0.5) is 4.79 Å². The number of esters is 1. The number of hydrogen-bond acceptors (Lipinski definition) is 4. The van der Waals surface area contributed by atoms with Gasteiger partial charge in [-0.25, -0.2) is 4.79 Å². The van der Waals surface area contributed by atoms with E-state index >= 15 is 0 Å². The van der Waals surface area contributed by atoms with Crippen molar-refractivity contribution in [2.45, 2.75) is 25.7 Å². The molecule has 0 atom stereocenters. The van der Waals surface area contributed by atoms with Gasteiger partial charge in [-0.05, 0) is 25.0 Å². The highest BCUT2D eigenvalue weighted by Crippen LogP contribution is 2.12. The molecule has 2 amide bonds. The van der Waals surface area contributed by atoms with Crippen LogP contribution in [0, 0.1) is 0 Å². The fourth-order valence-corrected chi connectivity index (χ4v) is 2.15. The monoisotopic (exact) mass is 370 g/mol. The van der Waals surface area contributed by atoms with Gasteiger partial charge in [-0.1, -0.05) is 34.5 Å². The van der Waals surface area contributed by atoms with Crippen molar-refractivity contribution < 1.29 is 19.1 Å². The Balaban J connectivity index is 2.15. The van der Waals surface area contributed by atoms with Crippen LogP contribution in [0.5, 0.6) is 0 Å². The fraction of sp³-hybridized carbons (Fsp3) is 0.400. The second-order valence-electron chi connectivity index (χ2n) is 4.70. The van der Waals surface area contributed by atoms with Crippen LogP contribution >= 0.6 is 15.9 Å². The molecule has 0 bridgehead atoms. The van der Waals surface area contributed by atoms with E-state index < -0.39 is 12.0 Å². The Bertz CT molecular complexity index is 534. The van der Waals surface area contributed by atoms with Gasteiger partial charge in [0.1, 0.15) is 0 Å². The summed E-state index contributed by atoms with van der Waals surface area (Å²) in [5, 5.41) is 2.47. The number of halogens is 1. The van der Waals surface area contributed by atoms with E-state index in [2.05, 4.69) is 21.2 Å². The van der Waals surface area contributed by atoms with E-state index in [0.717, 1.165) is 17.3 Å². The molecule has 22 heavy (non-hydrogen) atoms. The highest BCUT2D eigenvalue weighted by Gasteiger charge is 2.10. The number of nitrogens with two attached hydrogens (primary N) is 1. The molecule has 0 aromatic heterocycles. The van der Waals surface area contributed by atoms with Gasteiger partial charge in [0.2, 0.25) is 0 Å². The number of benzene rings is 1. The van der Waals surface area contributed by atoms with Gasteiger partial charge in [0.05, 0.1) is 0 Å². The number of urea groups is 1. The molecule has 0 fully saturated rings. The van der Waals surface area contributed by atoms with Gasteiger partial charge >= 0.3 is 12.0 Å². The average molecular weight is 371 g/mol. The summed E-state index contributed by atoms with van der Waals surface area (Å²) in [6.45, 7) is 0.240. The van der Waals surface area contributed by atoms with Crippen LogP contribution in [0.3, 0.4) is 0 Å². The number of carbonyl (C=O) groups excluding carboxylic acids is 3. The van der Waals surface area contributed by atoms with Crippen molar-refractivity contribution in [2.24, 2.45) is 5.73 Å². The van der Waals surface area contributed by atoms with Crippen LogP contribution in [0.15, 0.2) is 28.7 Å². The SMILES string of the molecule is NC(=O)NCCCCCC(=O)OCC(=O)c1cccc(Br)c1. The number of unbranched alkanes of at least 4 members (excludes halogenated alkanes) is 2. The Hall–Kier alpha value is -1.89. The van der Waals surface area contributed by atoms with E-state index in [-0.39, 0.29) is 18.8 Å². The average Bonchev–Trinajstić information content (AvgIpc) is 2.48. The second kappa shape index (κ2) is 9.94. The molecule has 7 heteroatoms. The minimum atomic E-state index is -0.550. The first-order valence-corrected chi connectivity index (χ1v) is 7.76. The Labute approximate surface area is 137 Å². The maximum atomic E-state index is 11.8. The maximum absolute atomic E-state index is 11.8. The molecule has 0 saturated carbocycles. The highest BCUT2D eigenvalue weighted by molar-refractivity contribution is 9.10. The lowest BCUT2D eigenvalue weighted by Gasteiger charge is -2.05. The minimum absolute atomic E-state index is 0.236. The summed E-state index contributed by atoms with van der Waals surface area (Å²) in [7, 11) is 0. The largest absolute Gasteiger partial charge is 0.457 e. The number of Topliss-reactive ketones (excluding diaryl/α,β-unsaturated/α-hetero) is 1. The Kier molecular flexibility index (Phi) is 8.21. The van der Waals surface area contributed by atoms with Gasteiger partial charge in [0.25, 0.3) is 0 Å². The van der Waals surface area contributed by atoms with Crippen LogP contribution in [-0.2, 0) is 9.53 Å². The molecule has 0 aliphatic carbocycles. The third-order valence-electron chi connectivity index (χ3n) is 2.87. The molecular weight excluding hydrogens is 352 g/mol. The fourth-order valence-electron chi connectivity index (χ4n) is 1.75. The van der Waals surface area contributed by atoms with Crippen molar-refractivity contribution in [1.82, 2.24) is 5.32 Å². The molecule has 1 aromatic carbocycles. The van der Waals surface area contributed by atoms with Crippen molar-refractivity contribution in [3.05, 3.63) is 34.3 Å². The van der Waals surface area contributed by atoms with Gasteiger partial charge in [-0.3, -0.25) is 9.59 Å². The number of carbonyl (C=O) groups is 3. The lowest BCUT2D eigenvalue weighted by atomic mass is 10.1. The molecule has 0 radical (unpaired) electrons. The third-order valence-corrected chi connectivity index (χ3v) is 3.36. The first-order valence-electron chi connectivity index (χ1n) is 6.96. The predicted molar refractivity (Wildman–Crippen MR) is 85.5 cm³/mol. The lowest BCUT2D eigenvalue weighted by molar-refractivity contribution is -0.142. The smallest absolute Gasteiger partial charge is 0.312 e. The van der Waals surface area contributed by atoms with Gasteiger partial charge < -0.3 is 15.8 Å². The molecule has 0 aliphatic rings. The number of nitrogens with one attached hydrogen (secondary N) is 1. The first kappa shape index (κ1) is 18.2. The van der Waals surface area contributed by atoms with E-state index in [0.29, 0.717) is 18.5 Å². The number of ketones is 1. The van der Waals surface area contributed by atoms with E-state index in [1.54, 1.807) is 18.2 Å². The zero-order chi connectivity index (χ0) is 16.4. The summed E-state index contributed by atoms with van der Waals surface area (Å²) in [5.41, 5.74) is 5.42. The quantitative estimate of drug-likeness (QED) is 0.396. The van der Waals surface area contributed by atoms with Crippen molar-refractivity contribution in [3.63, 3.8) is 0 Å². The van der Waals surface area contributed by atoms with Crippen LogP contribution in [0.1, 0.15) is 36.0 Å². The number of primary amides is 1. The minimum Gasteiger partial charge on any atom is -0.457 e. The molecule has 3 N–H and O–H groups in total. The zero-order valence-electron chi connectivity index (χ0n) is 12.1. The summed E-state index contributed by atoms with van der Waals surface area (Å²) >= 11 is 3.28. The number of amides is 2. The summed E-state index contributed by atoms with van der Waals surface area (Å²) < 4.78 is 5.75. The Morgan fingerprint density at radius 2 is 1.95 bits per heavy atom. The zero-order valence-corrected chi connectivity index (χ0v) is 13.7. The van der Waals surface area contributed by atoms with Gasteiger partial charge in [-0.15, -0.1) is 0 Å². The van der Waals surface area contributed by atoms with Crippen molar-refractivity contribution in [3.8, 4) is 0 Å². The summed E-state index contributed by atoms with van der Waals surface area (Å²) in [4.78, 5) is 33.8. The topological polar surface area (TPSA) is 98.5 Å². The number of hydrogen-bond donors (Lipinski definition) is 2. The summed E-state index contributed by atoms with van der Waals surface area (Å²) in [6, 6.07) is 6.37. The molecular formula is C15H19BrN2O4. The van der Waals surface area contributed by atoms with Gasteiger partial charge in [0.15, 0.2) is 12.4 Å². The number of rotatable bonds is 9. The van der Waals surface area contributed by atoms with E-state index in [1.165, 1.54) is 0 Å². The highest BCUT2D eigenvalue weighted by atomic mass is 79.9. The molecule has 6 nitrogen and oxygen atoms in total. The molecule has 120 valence electrons. The summed E-state index contributed by atoms with van der Waals surface area (Å²) in [5.74, 6) is -0.633. The van der Waals surface area contributed by atoms with Crippen LogP contribution in [0.25, 0.3) is 0 Å². The lowest BCUT2D eigenvalue weighted by Crippen LogP contribution is -2.29. The van der Waals surface area contributed by atoms with E-state index in [4.69, 9.17) is 10.5 Å². The maximum Gasteiger partial charge on any atom is 0.312 e. The Morgan fingerprint density at radius 1 is 1.18 bits per heavy atom. The van der Waals surface area contributed by atoms with Gasteiger partial charge in [0, 0.05) is 23.0 Å². The first-order chi connectivity index (χ1) is 10.5. The van der Waals surface area contributed by atoms with Crippen molar-refractivity contribution in [2.75, 3.05) is 13.2 Å². The standard InChI is InChI=1S/C15H19BrN2O4/c16-12-6-4-5-11(9-12)13(19)10-22-14(20)7-2-1-3-8-18-15(17)21/h4-6,9H,1-3,7-8,10H2,(H3,17,18,21). The van der Waals surface area contributed by atoms with Crippen molar-refractivity contribution >= 4 is 33.7 Å². The normalized spacial score (nSPS) is 10.0. The van der Waals surface area contributed by atoms with Crippen LogP contribution in [-0.4, -0.2) is 30.9 Å². The van der Waals surface area contributed by atoms with Crippen molar-refractivity contribution in [1.29, 1.82) is 0 Å². The molecule has 0 unspecified atom stereocenters. The second-order valence-corrected chi connectivity index (χ2v) is 5.61. The van der Waals surface area contributed by atoms with Crippen LogP contribution in [0.2, 0.25) is 0 Å². The predicted octanol–water partition coefficient (Wildman–Crippen LogP) is 2.40. The molecule has 0 saturated heterocycles. The Morgan fingerprint density at radius 3 is 2.64 bits per heavy atom. The molecule has 1 aromatic rings. The van der Waals surface area contributed by atoms with E-state index in [9.17, 15) is 14.4 Å². The van der Waals surface area contributed by atoms with Gasteiger partial charge in [-0.2, -0.15) is 0 Å². The molecule has 1 rings (SSSR count). The summed E-state index contributed by atoms with van der Waals surface area (Å²) in [6.07, 6.45) is 2.41. The third kappa shape index (κ3) is 7.78.